The molecule has 1 aliphatic heterocycles. The number of nitrogens with zero attached hydrogens (tertiary/aromatic N) is 3. The molecule has 0 bridgehead atoms. The summed E-state index contributed by atoms with van der Waals surface area (Å²) >= 11 is 0. The van der Waals surface area contributed by atoms with E-state index < -0.39 is 4.92 Å². The predicted molar refractivity (Wildman–Crippen MR) is 72.7 cm³/mol. The smallest absolute Gasteiger partial charge is 0.273 e. The number of ether oxygens (including phenoxy) is 1. The van der Waals surface area contributed by atoms with Crippen molar-refractivity contribution in [1.82, 2.24) is 9.80 Å². The van der Waals surface area contributed by atoms with Crippen LogP contribution < -0.4 is 4.74 Å². The minimum atomic E-state index is -0.491. The molecule has 1 heterocycles. The van der Waals surface area contributed by atoms with Crippen LogP contribution in [-0.2, 0) is 4.79 Å². The van der Waals surface area contributed by atoms with Crippen molar-refractivity contribution in [3.05, 3.63) is 34.4 Å². The van der Waals surface area contributed by atoms with E-state index in [4.69, 9.17) is 4.74 Å². The Balaban J connectivity index is 1.87. The van der Waals surface area contributed by atoms with E-state index in [0.29, 0.717) is 18.8 Å². The maximum absolute atomic E-state index is 11.9. The highest BCUT2D eigenvalue weighted by molar-refractivity contribution is 5.77. The summed E-state index contributed by atoms with van der Waals surface area (Å²) in [4.78, 5) is 26.0. The molecule has 1 amide bonds. The van der Waals surface area contributed by atoms with Gasteiger partial charge in [0.15, 0.2) is 6.61 Å². The average Bonchev–Trinajstić information content (AvgIpc) is 2.46. The Kier molecular flexibility index (Phi) is 4.52. The van der Waals surface area contributed by atoms with Crippen LogP contribution in [0.15, 0.2) is 24.3 Å². The molecule has 2 rings (SSSR count). The lowest BCUT2D eigenvalue weighted by molar-refractivity contribution is -0.384. The Morgan fingerprint density at radius 1 is 1.35 bits per heavy atom. The molecular formula is C13H17N3O4. The zero-order valence-electron chi connectivity index (χ0n) is 11.3. The molecule has 0 radical (unpaired) electrons. The number of likely N-dealkylation sites (N-methyl/N-ethyl adjacent to an activating group) is 1. The van der Waals surface area contributed by atoms with E-state index in [-0.39, 0.29) is 18.2 Å². The van der Waals surface area contributed by atoms with Crippen molar-refractivity contribution in [3.63, 3.8) is 0 Å². The molecule has 1 aromatic rings. The van der Waals surface area contributed by atoms with Crippen molar-refractivity contribution in [2.24, 2.45) is 0 Å². The third-order valence-electron chi connectivity index (χ3n) is 3.25. The number of carbonyl (C=O) groups excluding carboxylic acids is 1. The first-order chi connectivity index (χ1) is 9.56. The van der Waals surface area contributed by atoms with Gasteiger partial charge in [-0.1, -0.05) is 6.07 Å². The lowest BCUT2D eigenvalue weighted by Gasteiger charge is -2.32. The summed E-state index contributed by atoms with van der Waals surface area (Å²) in [5, 5.41) is 10.6. The van der Waals surface area contributed by atoms with E-state index in [0.717, 1.165) is 13.1 Å². The summed E-state index contributed by atoms with van der Waals surface area (Å²) in [7, 11) is 2.02. The second-order valence-electron chi connectivity index (χ2n) is 4.73. The van der Waals surface area contributed by atoms with Gasteiger partial charge in [0.05, 0.1) is 11.0 Å². The Morgan fingerprint density at radius 3 is 2.70 bits per heavy atom. The topological polar surface area (TPSA) is 75.9 Å². The second-order valence-corrected chi connectivity index (χ2v) is 4.73. The van der Waals surface area contributed by atoms with Crippen LogP contribution in [0.3, 0.4) is 0 Å². The van der Waals surface area contributed by atoms with Crippen molar-refractivity contribution in [2.45, 2.75) is 0 Å². The fourth-order valence-corrected chi connectivity index (χ4v) is 1.98. The summed E-state index contributed by atoms with van der Waals surface area (Å²) in [5.74, 6) is 0.242. The fraction of sp³-hybridized carbons (Fsp3) is 0.462. The zero-order chi connectivity index (χ0) is 14.5. The third kappa shape index (κ3) is 3.67. The monoisotopic (exact) mass is 279 g/mol. The van der Waals surface area contributed by atoms with E-state index in [9.17, 15) is 14.9 Å². The number of non-ortho nitro benzene ring substituents is 1. The van der Waals surface area contributed by atoms with Crippen molar-refractivity contribution < 1.29 is 14.5 Å². The molecule has 1 aliphatic rings. The van der Waals surface area contributed by atoms with Crippen LogP contribution in [0, 0.1) is 10.1 Å². The molecule has 1 aromatic carbocycles. The summed E-state index contributed by atoms with van der Waals surface area (Å²) in [6.45, 7) is 2.98. The van der Waals surface area contributed by atoms with Crippen molar-refractivity contribution in [1.29, 1.82) is 0 Å². The molecular weight excluding hydrogens is 262 g/mol. The quantitative estimate of drug-likeness (QED) is 0.600. The molecule has 0 aromatic heterocycles. The zero-order valence-corrected chi connectivity index (χ0v) is 11.3. The highest BCUT2D eigenvalue weighted by atomic mass is 16.6. The molecule has 7 heteroatoms. The average molecular weight is 279 g/mol. The van der Waals surface area contributed by atoms with Gasteiger partial charge in [-0.25, -0.2) is 0 Å². The molecule has 7 nitrogen and oxygen atoms in total. The van der Waals surface area contributed by atoms with E-state index in [1.165, 1.54) is 18.2 Å². The molecule has 0 atom stereocenters. The van der Waals surface area contributed by atoms with Crippen LogP contribution in [0.2, 0.25) is 0 Å². The first-order valence-corrected chi connectivity index (χ1v) is 6.40. The van der Waals surface area contributed by atoms with Gasteiger partial charge in [-0.15, -0.1) is 0 Å². The number of carbonyl (C=O) groups is 1. The number of hydrogen-bond donors (Lipinski definition) is 0. The van der Waals surface area contributed by atoms with Gasteiger partial charge in [0.25, 0.3) is 11.6 Å². The minimum Gasteiger partial charge on any atom is -0.484 e. The lowest BCUT2D eigenvalue weighted by Crippen LogP contribution is -2.48. The van der Waals surface area contributed by atoms with Crippen LogP contribution in [0.1, 0.15) is 0 Å². The number of nitro groups is 1. The first kappa shape index (κ1) is 14.3. The Morgan fingerprint density at radius 2 is 2.05 bits per heavy atom. The molecule has 0 spiro atoms. The number of amides is 1. The van der Waals surface area contributed by atoms with Crippen LogP contribution in [0.4, 0.5) is 5.69 Å². The molecule has 0 aliphatic carbocycles. The second kappa shape index (κ2) is 6.33. The summed E-state index contributed by atoms with van der Waals surface area (Å²) in [6.07, 6.45) is 0. The van der Waals surface area contributed by atoms with Crippen LogP contribution >= 0.6 is 0 Å². The summed E-state index contributed by atoms with van der Waals surface area (Å²) in [5.41, 5.74) is -0.0467. The SMILES string of the molecule is CN1CCN(C(=O)COc2cccc([N+](=O)[O-])c2)CC1. The van der Waals surface area contributed by atoms with Gasteiger partial charge in [-0.3, -0.25) is 14.9 Å². The first-order valence-electron chi connectivity index (χ1n) is 6.40. The molecule has 0 N–H and O–H groups in total. The number of rotatable bonds is 4. The predicted octanol–water partition coefficient (Wildman–Crippen LogP) is 0.748. The van der Waals surface area contributed by atoms with E-state index in [2.05, 4.69) is 4.90 Å². The molecule has 1 saturated heterocycles. The normalized spacial score (nSPS) is 15.9. The van der Waals surface area contributed by atoms with E-state index >= 15 is 0 Å². The Bertz CT molecular complexity index is 498. The van der Waals surface area contributed by atoms with Gasteiger partial charge in [-0.2, -0.15) is 0 Å². The van der Waals surface area contributed by atoms with Crippen LogP contribution in [0.25, 0.3) is 0 Å². The van der Waals surface area contributed by atoms with Gasteiger partial charge >= 0.3 is 0 Å². The fourth-order valence-electron chi connectivity index (χ4n) is 1.98. The lowest BCUT2D eigenvalue weighted by atomic mass is 10.3. The number of piperazine rings is 1. The van der Waals surface area contributed by atoms with Gasteiger partial charge in [-0.05, 0) is 13.1 Å². The molecule has 0 saturated carbocycles. The van der Waals surface area contributed by atoms with Gasteiger partial charge in [0.2, 0.25) is 0 Å². The highest BCUT2D eigenvalue weighted by Crippen LogP contribution is 2.19. The van der Waals surface area contributed by atoms with Crippen molar-refractivity contribution in [2.75, 3.05) is 39.8 Å². The van der Waals surface area contributed by atoms with Gasteiger partial charge in [0.1, 0.15) is 5.75 Å². The summed E-state index contributed by atoms with van der Waals surface area (Å²) < 4.78 is 5.33. The molecule has 1 fully saturated rings. The van der Waals surface area contributed by atoms with E-state index in [1.807, 2.05) is 7.05 Å². The van der Waals surface area contributed by atoms with Crippen LogP contribution in [-0.4, -0.2) is 60.5 Å². The van der Waals surface area contributed by atoms with Crippen molar-refractivity contribution in [3.8, 4) is 5.75 Å². The minimum absolute atomic E-state index is 0.0467. The molecule has 108 valence electrons. The third-order valence-corrected chi connectivity index (χ3v) is 3.25. The van der Waals surface area contributed by atoms with E-state index in [1.54, 1.807) is 11.0 Å². The molecule has 20 heavy (non-hydrogen) atoms. The standard InChI is InChI=1S/C13H17N3O4/c1-14-5-7-15(8-6-14)13(17)10-20-12-4-2-3-11(9-12)16(18)19/h2-4,9H,5-8,10H2,1H3. The number of nitro benzene ring substituents is 1. The maximum atomic E-state index is 11.9. The van der Waals surface area contributed by atoms with Gasteiger partial charge in [0, 0.05) is 32.2 Å². The largest absolute Gasteiger partial charge is 0.484 e. The number of hydrogen-bond acceptors (Lipinski definition) is 5. The summed E-state index contributed by atoms with van der Waals surface area (Å²) in [6, 6.07) is 5.84. The maximum Gasteiger partial charge on any atom is 0.273 e. The Labute approximate surface area is 116 Å². The number of benzene rings is 1. The Hall–Kier alpha value is -2.15. The van der Waals surface area contributed by atoms with Crippen molar-refractivity contribution >= 4 is 11.6 Å². The molecule has 0 unspecified atom stereocenters. The van der Waals surface area contributed by atoms with Gasteiger partial charge < -0.3 is 14.5 Å². The highest BCUT2D eigenvalue weighted by Gasteiger charge is 2.19. The van der Waals surface area contributed by atoms with Crippen LogP contribution in [0.5, 0.6) is 5.75 Å².